The Morgan fingerprint density at radius 3 is 2.16 bits per heavy atom. The molecule has 6 heteroatoms. The van der Waals surface area contributed by atoms with Crippen LogP contribution in [0.2, 0.25) is 0 Å². The summed E-state index contributed by atoms with van der Waals surface area (Å²) >= 11 is 0. The van der Waals surface area contributed by atoms with E-state index in [-0.39, 0.29) is 31.1 Å². The van der Waals surface area contributed by atoms with Gasteiger partial charge in [-0.15, -0.1) is 0 Å². The number of carbonyl (C=O) groups is 3. The lowest BCUT2D eigenvalue weighted by Gasteiger charge is -2.07. The molecule has 0 aliphatic carbocycles. The minimum absolute atomic E-state index is 0.0564. The Morgan fingerprint density at radius 1 is 1.05 bits per heavy atom. The van der Waals surface area contributed by atoms with Gasteiger partial charge < -0.3 is 14.8 Å². The molecule has 6 nitrogen and oxygen atoms in total. The van der Waals surface area contributed by atoms with Crippen LogP contribution in [-0.2, 0) is 23.9 Å². The first kappa shape index (κ1) is 17.2. The molecule has 0 spiro atoms. The fourth-order valence-electron chi connectivity index (χ4n) is 0.986. The quantitative estimate of drug-likeness (QED) is 0.421. The summed E-state index contributed by atoms with van der Waals surface area (Å²) in [5.41, 5.74) is 0. The third-order valence-corrected chi connectivity index (χ3v) is 1.88. The summed E-state index contributed by atoms with van der Waals surface area (Å²) in [5.74, 6) is -1.46. The zero-order valence-electron chi connectivity index (χ0n) is 11.8. The van der Waals surface area contributed by atoms with Crippen molar-refractivity contribution in [3.05, 3.63) is 12.2 Å². The maximum Gasteiger partial charge on any atom is 0.331 e. The zero-order chi connectivity index (χ0) is 14.8. The molecule has 0 heterocycles. The SMILES string of the molecule is CC(C)OC(=O)C=CC(=O)OCCNC(=O)C(C)C. The van der Waals surface area contributed by atoms with Gasteiger partial charge in [0.2, 0.25) is 5.91 Å². The van der Waals surface area contributed by atoms with Crippen molar-refractivity contribution in [2.75, 3.05) is 13.2 Å². The topological polar surface area (TPSA) is 81.7 Å². The molecule has 0 radical (unpaired) electrons. The molecule has 0 aliphatic rings. The van der Waals surface area contributed by atoms with Gasteiger partial charge >= 0.3 is 11.9 Å². The monoisotopic (exact) mass is 271 g/mol. The summed E-state index contributed by atoms with van der Waals surface area (Å²) in [4.78, 5) is 33.4. The van der Waals surface area contributed by atoms with Crippen LogP contribution < -0.4 is 5.32 Å². The molecule has 0 aromatic heterocycles. The minimum atomic E-state index is -0.653. The van der Waals surface area contributed by atoms with Crippen molar-refractivity contribution in [1.29, 1.82) is 0 Å². The number of rotatable bonds is 7. The van der Waals surface area contributed by atoms with E-state index in [9.17, 15) is 14.4 Å². The van der Waals surface area contributed by atoms with E-state index in [2.05, 4.69) is 5.32 Å². The molecule has 0 aliphatic heterocycles. The second-order valence-corrected chi connectivity index (χ2v) is 4.43. The molecule has 0 saturated carbocycles. The van der Waals surface area contributed by atoms with E-state index in [1.807, 2.05) is 0 Å². The Hall–Kier alpha value is -1.85. The molecular formula is C13H21NO5. The molecule has 0 aromatic rings. The molecule has 0 saturated heterocycles. The molecule has 0 unspecified atom stereocenters. The lowest BCUT2D eigenvalue weighted by atomic mass is 10.2. The molecule has 0 rings (SSSR count). The average Bonchev–Trinajstić information content (AvgIpc) is 2.30. The highest BCUT2D eigenvalue weighted by molar-refractivity contribution is 5.91. The summed E-state index contributed by atoms with van der Waals surface area (Å²) < 4.78 is 9.57. The van der Waals surface area contributed by atoms with Crippen molar-refractivity contribution < 1.29 is 23.9 Å². The smallest absolute Gasteiger partial charge is 0.331 e. The molecule has 0 aromatic carbocycles. The first-order valence-corrected chi connectivity index (χ1v) is 6.16. The standard InChI is InChI=1S/C13H21NO5/c1-9(2)13(17)14-7-8-18-11(15)5-6-12(16)19-10(3)4/h5-6,9-10H,7-8H2,1-4H3,(H,14,17). The summed E-state index contributed by atoms with van der Waals surface area (Å²) in [5, 5.41) is 2.60. The van der Waals surface area contributed by atoms with E-state index in [0.717, 1.165) is 12.2 Å². The van der Waals surface area contributed by atoms with Gasteiger partial charge in [0.1, 0.15) is 6.61 Å². The van der Waals surface area contributed by atoms with Gasteiger partial charge in [-0.25, -0.2) is 9.59 Å². The summed E-state index contributed by atoms with van der Waals surface area (Å²) in [6.45, 7) is 7.26. The van der Waals surface area contributed by atoms with Crippen molar-refractivity contribution in [2.24, 2.45) is 5.92 Å². The Morgan fingerprint density at radius 2 is 1.63 bits per heavy atom. The predicted octanol–water partition coefficient (Wildman–Crippen LogP) is 0.810. The van der Waals surface area contributed by atoms with Crippen molar-refractivity contribution in [3.63, 3.8) is 0 Å². The molecule has 19 heavy (non-hydrogen) atoms. The van der Waals surface area contributed by atoms with Crippen LogP contribution in [0.1, 0.15) is 27.7 Å². The lowest BCUT2D eigenvalue weighted by molar-refractivity contribution is -0.142. The van der Waals surface area contributed by atoms with Crippen LogP contribution in [-0.4, -0.2) is 37.1 Å². The molecule has 1 N–H and O–H groups in total. The maximum atomic E-state index is 11.2. The van der Waals surface area contributed by atoms with Gasteiger partial charge in [-0.1, -0.05) is 13.8 Å². The maximum absolute atomic E-state index is 11.2. The van der Waals surface area contributed by atoms with Crippen LogP contribution in [0.25, 0.3) is 0 Å². The van der Waals surface area contributed by atoms with Crippen molar-refractivity contribution in [1.82, 2.24) is 5.32 Å². The van der Waals surface area contributed by atoms with Gasteiger partial charge in [0, 0.05) is 18.1 Å². The van der Waals surface area contributed by atoms with E-state index in [1.54, 1.807) is 27.7 Å². The van der Waals surface area contributed by atoms with Crippen molar-refractivity contribution in [2.45, 2.75) is 33.8 Å². The second-order valence-electron chi connectivity index (χ2n) is 4.43. The van der Waals surface area contributed by atoms with Gasteiger partial charge in [0.25, 0.3) is 0 Å². The van der Waals surface area contributed by atoms with Crippen LogP contribution in [0.15, 0.2) is 12.2 Å². The highest BCUT2D eigenvalue weighted by Gasteiger charge is 2.06. The van der Waals surface area contributed by atoms with Gasteiger partial charge in [0.15, 0.2) is 0 Å². The van der Waals surface area contributed by atoms with Crippen LogP contribution in [0.4, 0.5) is 0 Å². The zero-order valence-corrected chi connectivity index (χ0v) is 11.8. The van der Waals surface area contributed by atoms with Gasteiger partial charge in [0.05, 0.1) is 12.6 Å². The summed E-state index contributed by atoms with van der Waals surface area (Å²) in [6, 6.07) is 0. The lowest BCUT2D eigenvalue weighted by Crippen LogP contribution is -2.31. The molecule has 0 fully saturated rings. The largest absolute Gasteiger partial charge is 0.461 e. The Labute approximate surface area is 113 Å². The first-order chi connectivity index (χ1) is 8.82. The van der Waals surface area contributed by atoms with E-state index in [1.165, 1.54) is 0 Å². The molecule has 0 atom stereocenters. The Balaban J connectivity index is 3.79. The van der Waals surface area contributed by atoms with Gasteiger partial charge in [-0.2, -0.15) is 0 Å². The average molecular weight is 271 g/mol. The fourth-order valence-corrected chi connectivity index (χ4v) is 0.986. The highest BCUT2D eigenvalue weighted by Crippen LogP contribution is 1.92. The molecule has 1 amide bonds. The first-order valence-electron chi connectivity index (χ1n) is 6.16. The fraction of sp³-hybridized carbons (Fsp3) is 0.615. The number of ether oxygens (including phenoxy) is 2. The minimum Gasteiger partial charge on any atom is -0.461 e. The van der Waals surface area contributed by atoms with E-state index in [4.69, 9.17) is 9.47 Å². The third kappa shape index (κ3) is 9.82. The number of carbonyl (C=O) groups excluding carboxylic acids is 3. The third-order valence-electron chi connectivity index (χ3n) is 1.88. The van der Waals surface area contributed by atoms with E-state index >= 15 is 0 Å². The normalized spacial score (nSPS) is 10.8. The van der Waals surface area contributed by atoms with Crippen LogP contribution in [0.3, 0.4) is 0 Å². The van der Waals surface area contributed by atoms with Crippen LogP contribution >= 0.6 is 0 Å². The Bertz CT molecular complexity index is 347. The molecule has 0 bridgehead atoms. The number of nitrogens with one attached hydrogen (secondary N) is 1. The van der Waals surface area contributed by atoms with Crippen molar-refractivity contribution >= 4 is 17.8 Å². The van der Waals surface area contributed by atoms with Crippen LogP contribution in [0.5, 0.6) is 0 Å². The van der Waals surface area contributed by atoms with Crippen molar-refractivity contribution in [3.8, 4) is 0 Å². The summed E-state index contributed by atoms with van der Waals surface area (Å²) in [7, 11) is 0. The van der Waals surface area contributed by atoms with Gasteiger partial charge in [-0.3, -0.25) is 4.79 Å². The van der Waals surface area contributed by atoms with E-state index < -0.39 is 11.9 Å². The molecule has 108 valence electrons. The predicted molar refractivity (Wildman–Crippen MR) is 69.2 cm³/mol. The number of hydrogen-bond donors (Lipinski definition) is 1. The second kappa shape index (κ2) is 9.13. The highest BCUT2D eigenvalue weighted by atomic mass is 16.5. The Kier molecular flexibility index (Phi) is 8.24. The van der Waals surface area contributed by atoms with Gasteiger partial charge in [-0.05, 0) is 13.8 Å². The van der Waals surface area contributed by atoms with Crippen LogP contribution in [0, 0.1) is 5.92 Å². The summed E-state index contributed by atoms with van der Waals surface area (Å²) in [6.07, 6.45) is 1.77. The number of esters is 2. The molecular weight excluding hydrogens is 250 g/mol. The van der Waals surface area contributed by atoms with E-state index in [0.29, 0.717) is 0 Å². The number of hydrogen-bond acceptors (Lipinski definition) is 5. The number of amides is 1.